The molecule has 1 aliphatic rings. The molecule has 0 saturated carbocycles. The Hall–Kier alpha value is -0.600. The molecular weight excluding hydrogens is 143 g/mol. The number of alkyl halides is 1. The third-order valence-corrected chi connectivity index (χ3v) is 1.95. The zero-order chi connectivity index (χ0) is 8.65. The van der Waals surface area contributed by atoms with Crippen molar-refractivity contribution in [3.8, 4) is 0 Å². The lowest BCUT2D eigenvalue weighted by Gasteiger charge is -2.21. The van der Waals surface area contributed by atoms with Gasteiger partial charge >= 0.3 is 0 Å². The minimum Gasteiger partial charge on any atom is -0.277 e. The van der Waals surface area contributed by atoms with Gasteiger partial charge in [-0.2, -0.15) is 5.10 Å². The summed E-state index contributed by atoms with van der Waals surface area (Å²) in [6.07, 6.45) is -0.996. The summed E-state index contributed by atoms with van der Waals surface area (Å²) in [4.78, 5) is 0. The number of nitrogens with one attached hydrogen (secondary N) is 1. The van der Waals surface area contributed by atoms with Crippen molar-refractivity contribution in [1.29, 1.82) is 0 Å². The van der Waals surface area contributed by atoms with E-state index in [1.54, 1.807) is 0 Å². The Kier molecular flexibility index (Phi) is 1.90. The predicted molar refractivity (Wildman–Crippen MR) is 44.1 cm³/mol. The van der Waals surface area contributed by atoms with E-state index in [9.17, 15) is 4.39 Å². The van der Waals surface area contributed by atoms with Crippen molar-refractivity contribution in [1.82, 2.24) is 5.43 Å². The molecule has 0 saturated heterocycles. The van der Waals surface area contributed by atoms with Crippen molar-refractivity contribution >= 4 is 5.71 Å². The molecule has 0 amide bonds. The summed E-state index contributed by atoms with van der Waals surface area (Å²) in [6.45, 7) is 7.99. The average Bonchev–Trinajstić information content (AvgIpc) is 2.11. The summed E-state index contributed by atoms with van der Waals surface area (Å²) in [7, 11) is 0. The lowest BCUT2D eigenvalue weighted by molar-refractivity contribution is 0.254. The molecule has 2 unspecified atom stereocenters. The minimum atomic E-state index is -0.996. The lowest BCUT2D eigenvalue weighted by Crippen LogP contribution is -2.29. The first-order valence-electron chi connectivity index (χ1n) is 3.90. The largest absolute Gasteiger partial charge is 0.277 e. The molecule has 2 nitrogen and oxygen atoms in total. The van der Waals surface area contributed by atoms with Gasteiger partial charge in [0.15, 0.2) is 6.30 Å². The van der Waals surface area contributed by atoms with E-state index >= 15 is 0 Å². The fraction of sp³-hybridized carbons (Fsp3) is 0.875. The van der Waals surface area contributed by atoms with Crippen LogP contribution in [0.4, 0.5) is 4.39 Å². The van der Waals surface area contributed by atoms with Crippen LogP contribution in [0.3, 0.4) is 0 Å². The van der Waals surface area contributed by atoms with Crippen molar-refractivity contribution in [2.45, 2.75) is 34.0 Å². The van der Waals surface area contributed by atoms with Crippen LogP contribution >= 0.6 is 0 Å². The van der Waals surface area contributed by atoms with Crippen molar-refractivity contribution in [2.24, 2.45) is 16.4 Å². The summed E-state index contributed by atoms with van der Waals surface area (Å²) in [5.41, 5.74) is 3.35. The standard InChI is InChI=1S/C8H15FN2/c1-5-6(8(2,3)4)10-11-7(5)9/h5,7,11H,1-4H3. The van der Waals surface area contributed by atoms with Gasteiger partial charge in [-0.15, -0.1) is 0 Å². The normalized spacial score (nSPS) is 31.5. The van der Waals surface area contributed by atoms with Crippen LogP contribution in [0.1, 0.15) is 27.7 Å². The van der Waals surface area contributed by atoms with Crippen LogP contribution in [-0.2, 0) is 0 Å². The van der Waals surface area contributed by atoms with Gasteiger partial charge < -0.3 is 0 Å². The van der Waals surface area contributed by atoms with Crippen LogP contribution in [0.15, 0.2) is 5.10 Å². The van der Waals surface area contributed by atoms with Crippen LogP contribution in [0.25, 0.3) is 0 Å². The van der Waals surface area contributed by atoms with Gasteiger partial charge in [-0.05, 0) is 0 Å². The Morgan fingerprint density at radius 1 is 1.45 bits per heavy atom. The Morgan fingerprint density at radius 2 is 2.00 bits per heavy atom. The van der Waals surface area contributed by atoms with Crippen LogP contribution in [-0.4, -0.2) is 12.0 Å². The highest BCUT2D eigenvalue weighted by molar-refractivity contribution is 5.92. The molecule has 1 rings (SSSR count). The Balaban J connectivity index is 2.76. The Morgan fingerprint density at radius 3 is 2.18 bits per heavy atom. The molecule has 0 aliphatic carbocycles. The number of hydrogen-bond acceptors (Lipinski definition) is 2. The smallest absolute Gasteiger partial charge is 0.192 e. The molecule has 11 heavy (non-hydrogen) atoms. The Bertz CT molecular complexity index is 181. The van der Waals surface area contributed by atoms with E-state index in [4.69, 9.17) is 0 Å². The molecule has 0 aromatic rings. The summed E-state index contributed by atoms with van der Waals surface area (Å²) in [6, 6.07) is 0. The molecule has 1 aliphatic heterocycles. The average molecular weight is 158 g/mol. The van der Waals surface area contributed by atoms with Crippen molar-refractivity contribution in [2.75, 3.05) is 0 Å². The second-order valence-electron chi connectivity index (χ2n) is 4.07. The molecule has 0 radical (unpaired) electrons. The zero-order valence-corrected chi connectivity index (χ0v) is 7.48. The first-order valence-corrected chi connectivity index (χ1v) is 3.90. The first kappa shape index (κ1) is 8.50. The van der Waals surface area contributed by atoms with Crippen molar-refractivity contribution in [3.05, 3.63) is 0 Å². The summed E-state index contributed by atoms with van der Waals surface area (Å²) >= 11 is 0. The SMILES string of the molecule is CC1C(C(C)(C)C)=NNC1F. The second kappa shape index (κ2) is 2.47. The Labute approximate surface area is 66.9 Å². The third kappa shape index (κ3) is 1.52. The van der Waals surface area contributed by atoms with Crippen molar-refractivity contribution < 1.29 is 4.39 Å². The fourth-order valence-corrected chi connectivity index (χ4v) is 1.33. The van der Waals surface area contributed by atoms with Gasteiger partial charge in [0.1, 0.15) is 0 Å². The maximum Gasteiger partial charge on any atom is 0.192 e. The molecule has 0 aromatic carbocycles. The van der Waals surface area contributed by atoms with E-state index in [-0.39, 0.29) is 11.3 Å². The highest BCUT2D eigenvalue weighted by Crippen LogP contribution is 2.27. The molecule has 2 atom stereocenters. The number of nitrogens with zero attached hydrogens (tertiary/aromatic N) is 1. The highest BCUT2D eigenvalue weighted by atomic mass is 19.1. The summed E-state index contributed by atoms with van der Waals surface area (Å²) < 4.78 is 12.9. The topological polar surface area (TPSA) is 24.4 Å². The maximum atomic E-state index is 12.9. The van der Waals surface area contributed by atoms with E-state index in [1.807, 2.05) is 27.7 Å². The van der Waals surface area contributed by atoms with Gasteiger partial charge in [-0.25, -0.2) is 4.39 Å². The molecule has 0 fully saturated rings. The van der Waals surface area contributed by atoms with E-state index in [0.717, 1.165) is 5.71 Å². The number of hydrazone groups is 1. The number of hydrogen-bond donors (Lipinski definition) is 1. The van der Waals surface area contributed by atoms with Gasteiger partial charge in [0.25, 0.3) is 0 Å². The molecule has 0 spiro atoms. The third-order valence-electron chi connectivity index (χ3n) is 1.95. The molecule has 3 heteroatoms. The van der Waals surface area contributed by atoms with E-state index in [2.05, 4.69) is 10.5 Å². The molecule has 64 valence electrons. The molecule has 1 heterocycles. The predicted octanol–water partition coefficient (Wildman–Crippen LogP) is 1.92. The van der Waals surface area contributed by atoms with E-state index < -0.39 is 6.30 Å². The quantitative estimate of drug-likeness (QED) is 0.535. The number of rotatable bonds is 0. The van der Waals surface area contributed by atoms with Crippen LogP contribution in [0.5, 0.6) is 0 Å². The van der Waals surface area contributed by atoms with Gasteiger partial charge in [-0.3, -0.25) is 5.43 Å². The minimum absolute atomic E-state index is 0.0206. The first-order chi connectivity index (χ1) is 4.93. The van der Waals surface area contributed by atoms with Gasteiger partial charge in [0.2, 0.25) is 0 Å². The van der Waals surface area contributed by atoms with Crippen molar-refractivity contribution in [3.63, 3.8) is 0 Å². The van der Waals surface area contributed by atoms with Gasteiger partial charge in [0, 0.05) is 11.3 Å². The molecule has 0 aromatic heterocycles. The summed E-state index contributed by atoms with van der Waals surface area (Å²) in [5, 5.41) is 3.96. The highest BCUT2D eigenvalue weighted by Gasteiger charge is 2.34. The maximum absolute atomic E-state index is 12.9. The summed E-state index contributed by atoms with van der Waals surface area (Å²) in [5.74, 6) is -0.0880. The molecule has 0 bridgehead atoms. The van der Waals surface area contributed by atoms with Gasteiger partial charge in [-0.1, -0.05) is 27.7 Å². The zero-order valence-electron chi connectivity index (χ0n) is 7.48. The van der Waals surface area contributed by atoms with Crippen LogP contribution in [0.2, 0.25) is 0 Å². The fourth-order valence-electron chi connectivity index (χ4n) is 1.33. The monoisotopic (exact) mass is 158 g/mol. The van der Waals surface area contributed by atoms with Crippen LogP contribution in [0, 0.1) is 11.3 Å². The van der Waals surface area contributed by atoms with Crippen LogP contribution < -0.4 is 5.43 Å². The van der Waals surface area contributed by atoms with Gasteiger partial charge in [0.05, 0.1) is 5.71 Å². The lowest BCUT2D eigenvalue weighted by atomic mass is 9.83. The number of halogens is 1. The molecule has 1 N–H and O–H groups in total. The van der Waals surface area contributed by atoms with E-state index in [1.165, 1.54) is 0 Å². The van der Waals surface area contributed by atoms with E-state index in [0.29, 0.717) is 0 Å². The second-order valence-corrected chi connectivity index (χ2v) is 4.07. The molecular formula is C8H15FN2.